The maximum atomic E-state index is 12.6. The molecular formula is C22H22N4O3. The average molecular weight is 390 g/mol. The number of carbonyl (C=O) groups excluding carboxylic acids is 1. The number of hydrogen-bond donors (Lipinski definition) is 1. The number of carbonyl (C=O) groups is 1. The third kappa shape index (κ3) is 3.90. The molecule has 0 aliphatic heterocycles. The zero-order chi connectivity index (χ0) is 20.2. The summed E-state index contributed by atoms with van der Waals surface area (Å²) in [6, 6.07) is 17.2. The van der Waals surface area contributed by atoms with Crippen LogP contribution in [0.4, 0.5) is 0 Å². The van der Waals surface area contributed by atoms with Crippen LogP contribution in [0.3, 0.4) is 0 Å². The van der Waals surface area contributed by atoms with E-state index < -0.39 is 0 Å². The molecule has 0 spiro atoms. The van der Waals surface area contributed by atoms with E-state index >= 15 is 0 Å². The Labute approximate surface area is 167 Å². The van der Waals surface area contributed by atoms with Crippen LogP contribution in [0.1, 0.15) is 5.69 Å². The van der Waals surface area contributed by atoms with E-state index in [9.17, 15) is 9.59 Å². The Morgan fingerprint density at radius 3 is 2.66 bits per heavy atom. The second-order valence-electron chi connectivity index (χ2n) is 6.79. The van der Waals surface area contributed by atoms with Crippen molar-refractivity contribution in [3.63, 3.8) is 0 Å². The number of benzene rings is 2. The van der Waals surface area contributed by atoms with Gasteiger partial charge < -0.3 is 14.6 Å². The van der Waals surface area contributed by atoms with Crippen LogP contribution >= 0.6 is 0 Å². The molecule has 0 fully saturated rings. The molecule has 0 bridgehead atoms. The van der Waals surface area contributed by atoms with E-state index in [2.05, 4.69) is 10.4 Å². The molecular weight excluding hydrogens is 368 g/mol. The van der Waals surface area contributed by atoms with Gasteiger partial charge in [0.05, 0.1) is 30.8 Å². The van der Waals surface area contributed by atoms with Crippen molar-refractivity contribution in [2.45, 2.75) is 19.6 Å². The first-order valence-electron chi connectivity index (χ1n) is 9.45. The number of amides is 1. The van der Waals surface area contributed by atoms with Gasteiger partial charge in [0, 0.05) is 24.2 Å². The first-order chi connectivity index (χ1) is 14.2. The van der Waals surface area contributed by atoms with Crippen molar-refractivity contribution in [1.29, 1.82) is 0 Å². The van der Waals surface area contributed by atoms with Crippen LogP contribution in [0.5, 0.6) is 0 Å². The molecule has 7 nitrogen and oxygen atoms in total. The zero-order valence-electron chi connectivity index (χ0n) is 16.2. The highest BCUT2D eigenvalue weighted by molar-refractivity contribution is 5.85. The van der Waals surface area contributed by atoms with Crippen molar-refractivity contribution >= 4 is 27.6 Å². The van der Waals surface area contributed by atoms with Gasteiger partial charge in [0.1, 0.15) is 6.54 Å². The first kappa shape index (κ1) is 18.9. The second kappa shape index (κ2) is 8.28. The molecule has 0 saturated heterocycles. The molecule has 0 aliphatic carbocycles. The summed E-state index contributed by atoms with van der Waals surface area (Å²) in [7, 11) is 1.58. The van der Waals surface area contributed by atoms with Crippen LogP contribution < -0.4 is 10.9 Å². The van der Waals surface area contributed by atoms with Gasteiger partial charge in [-0.15, -0.1) is 0 Å². The summed E-state index contributed by atoms with van der Waals surface area (Å²) < 4.78 is 8.38. The van der Waals surface area contributed by atoms with Crippen molar-refractivity contribution in [3.05, 3.63) is 76.8 Å². The number of para-hydroxylation sites is 1. The van der Waals surface area contributed by atoms with Crippen molar-refractivity contribution in [2.24, 2.45) is 0 Å². The minimum absolute atomic E-state index is 0.119. The standard InChI is InChI=1S/C22H22N4O3/c1-29-13-12-26-22(28)18-8-4-3-7-17(18)19(24-26)14-23-21(27)15-25-11-10-16-6-2-5-9-20(16)25/h2-11H,12-15H2,1H3,(H,23,27). The molecule has 0 unspecified atom stereocenters. The molecule has 0 atom stereocenters. The number of methoxy groups -OCH3 is 1. The molecule has 7 heteroatoms. The predicted molar refractivity (Wildman–Crippen MR) is 112 cm³/mol. The number of nitrogens with one attached hydrogen (secondary N) is 1. The molecule has 1 amide bonds. The Kier molecular flexibility index (Phi) is 5.39. The van der Waals surface area contributed by atoms with Gasteiger partial charge >= 0.3 is 0 Å². The summed E-state index contributed by atoms with van der Waals surface area (Å²) in [5, 5.41) is 9.81. The maximum Gasteiger partial charge on any atom is 0.274 e. The molecule has 148 valence electrons. The Morgan fingerprint density at radius 2 is 1.83 bits per heavy atom. The predicted octanol–water partition coefficient (Wildman–Crippen LogP) is 2.31. The second-order valence-corrected chi connectivity index (χ2v) is 6.79. The first-order valence-corrected chi connectivity index (χ1v) is 9.45. The molecule has 0 aliphatic rings. The number of fused-ring (bicyclic) bond motifs is 2. The summed E-state index contributed by atoms with van der Waals surface area (Å²) in [6.07, 6.45) is 1.91. The van der Waals surface area contributed by atoms with Gasteiger partial charge in [0.2, 0.25) is 5.91 Å². The van der Waals surface area contributed by atoms with E-state index in [1.54, 1.807) is 13.2 Å². The molecule has 1 N–H and O–H groups in total. The van der Waals surface area contributed by atoms with Gasteiger partial charge in [-0.05, 0) is 23.6 Å². The van der Waals surface area contributed by atoms with Crippen molar-refractivity contribution in [3.8, 4) is 0 Å². The van der Waals surface area contributed by atoms with E-state index in [0.29, 0.717) is 24.2 Å². The molecule has 2 aromatic heterocycles. The fourth-order valence-electron chi connectivity index (χ4n) is 3.44. The Bertz CT molecular complexity index is 1230. The third-order valence-corrected chi connectivity index (χ3v) is 4.90. The van der Waals surface area contributed by atoms with Crippen molar-refractivity contribution < 1.29 is 9.53 Å². The summed E-state index contributed by atoms with van der Waals surface area (Å²) >= 11 is 0. The lowest BCUT2D eigenvalue weighted by Gasteiger charge is -2.12. The molecule has 2 aromatic carbocycles. The zero-order valence-corrected chi connectivity index (χ0v) is 16.2. The van der Waals surface area contributed by atoms with Crippen molar-refractivity contribution in [1.82, 2.24) is 19.7 Å². The van der Waals surface area contributed by atoms with E-state index in [0.717, 1.165) is 16.3 Å². The van der Waals surface area contributed by atoms with Crippen LogP contribution in [0.2, 0.25) is 0 Å². The molecule has 4 rings (SSSR count). The van der Waals surface area contributed by atoms with Crippen molar-refractivity contribution in [2.75, 3.05) is 13.7 Å². The number of nitrogens with zero attached hydrogens (tertiary/aromatic N) is 3. The van der Waals surface area contributed by atoms with Crippen LogP contribution in [0.25, 0.3) is 21.7 Å². The van der Waals surface area contributed by atoms with Gasteiger partial charge in [0.15, 0.2) is 0 Å². The summed E-state index contributed by atoms with van der Waals surface area (Å²) in [4.78, 5) is 25.2. The lowest BCUT2D eigenvalue weighted by molar-refractivity contribution is -0.121. The highest BCUT2D eigenvalue weighted by Gasteiger charge is 2.12. The minimum Gasteiger partial charge on any atom is -0.383 e. The summed E-state index contributed by atoms with van der Waals surface area (Å²) in [6.45, 7) is 1.20. The summed E-state index contributed by atoms with van der Waals surface area (Å²) in [5.41, 5.74) is 1.51. The Hall–Kier alpha value is -3.45. The SMILES string of the molecule is COCCn1nc(CNC(=O)Cn2ccc3ccccc32)c2ccccc2c1=O. The van der Waals surface area contributed by atoms with Crippen LogP contribution in [0.15, 0.2) is 65.6 Å². The van der Waals surface area contributed by atoms with E-state index in [-0.39, 0.29) is 24.6 Å². The average Bonchev–Trinajstić information content (AvgIpc) is 3.15. The lowest BCUT2D eigenvalue weighted by Crippen LogP contribution is -2.31. The Morgan fingerprint density at radius 1 is 1.07 bits per heavy atom. The largest absolute Gasteiger partial charge is 0.383 e. The molecule has 0 saturated carbocycles. The van der Waals surface area contributed by atoms with Gasteiger partial charge in [-0.3, -0.25) is 9.59 Å². The van der Waals surface area contributed by atoms with E-state index in [1.165, 1.54) is 4.68 Å². The van der Waals surface area contributed by atoms with Gasteiger partial charge in [-0.2, -0.15) is 5.10 Å². The highest BCUT2D eigenvalue weighted by atomic mass is 16.5. The van der Waals surface area contributed by atoms with Crippen LogP contribution in [-0.2, 0) is 29.2 Å². The molecule has 29 heavy (non-hydrogen) atoms. The van der Waals surface area contributed by atoms with Gasteiger partial charge in [-0.25, -0.2) is 4.68 Å². The normalized spacial score (nSPS) is 11.2. The molecule has 0 radical (unpaired) electrons. The smallest absolute Gasteiger partial charge is 0.274 e. The Balaban J connectivity index is 1.55. The fourth-order valence-corrected chi connectivity index (χ4v) is 3.44. The number of aromatic nitrogens is 3. The topological polar surface area (TPSA) is 78.2 Å². The fraction of sp³-hybridized carbons (Fsp3) is 0.227. The monoisotopic (exact) mass is 390 g/mol. The van der Waals surface area contributed by atoms with Crippen LogP contribution in [0, 0.1) is 0 Å². The quantitative estimate of drug-likeness (QED) is 0.525. The van der Waals surface area contributed by atoms with Crippen LogP contribution in [-0.4, -0.2) is 34.0 Å². The van der Waals surface area contributed by atoms with Gasteiger partial charge in [0.25, 0.3) is 5.56 Å². The van der Waals surface area contributed by atoms with E-state index in [4.69, 9.17) is 4.74 Å². The lowest BCUT2D eigenvalue weighted by atomic mass is 10.1. The molecule has 4 aromatic rings. The highest BCUT2D eigenvalue weighted by Crippen LogP contribution is 2.15. The summed E-state index contributed by atoms with van der Waals surface area (Å²) in [5.74, 6) is -0.119. The van der Waals surface area contributed by atoms with E-state index in [1.807, 2.05) is 59.3 Å². The van der Waals surface area contributed by atoms with Gasteiger partial charge in [-0.1, -0.05) is 36.4 Å². The number of rotatable bonds is 7. The third-order valence-electron chi connectivity index (χ3n) is 4.90. The number of hydrogen-bond acceptors (Lipinski definition) is 4. The molecule has 2 heterocycles. The maximum absolute atomic E-state index is 12.6. The number of ether oxygens (including phenoxy) is 1. The minimum atomic E-state index is -0.161.